The fourth-order valence-electron chi connectivity index (χ4n) is 3.04. The molecule has 2 aromatic carbocycles. The standard InChI is InChI=1S/C20H26N2O4S/c1-5-18(22(27(4,24)25)17-12-7-6-8-13-17)20(23)21(2)15-16-11-9-10-14-19(16)26-3/h6-14,18H,5,15H2,1-4H3. The molecule has 0 saturated heterocycles. The molecule has 0 aliphatic rings. The molecule has 6 nitrogen and oxygen atoms in total. The second-order valence-electron chi connectivity index (χ2n) is 6.32. The lowest BCUT2D eigenvalue weighted by Gasteiger charge is -2.33. The molecule has 146 valence electrons. The Labute approximate surface area is 161 Å². The predicted molar refractivity (Wildman–Crippen MR) is 107 cm³/mol. The van der Waals surface area contributed by atoms with E-state index < -0.39 is 16.1 Å². The molecule has 0 bridgehead atoms. The van der Waals surface area contributed by atoms with E-state index >= 15 is 0 Å². The van der Waals surface area contributed by atoms with Crippen molar-refractivity contribution in [2.45, 2.75) is 25.9 Å². The van der Waals surface area contributed by atoms with Crippen molar-refractivity contribution in [2.75, 3.05) is 24.7 Å². The van der Waals surface area contributed by atoms with Crippen LogP contribution in [0.1, 0.15) is 18.9 Å². The molecule has 0 aliphatic carbocycles. The van der Waals surface area contributed by atoms with Crippen LogP contribution in [0.15, 0.2) is 54.6 Å². The number of methoxy groups -OCH3 is 1. The Morgan fingerprint density at radius 1 is 1.07 bits per heavy atom. The van der Waals surface area contributed by atoms with Gasteiger partial charge >= 0.3 is 0 Å². The molecular weight excluding hydrogens is 364 g/mol. The molecule has 0 aromatic heterocycles. The maximum atomic E-state index is 13.1. The van der Waals surface area contributed by atoms with Crippen LogP contribution in [-0.2, 0) is 21.4 Å². The van der Waals surface area contributed by atoms with Crippen molar-refractivity contribution in [2.24, 2.45) is 0 Å². The van der Waals surface area contributed by atoms with E-state index in [0.29, 0.717) is 24.4 Å². The summed E-state index contributed by atoms with van der Waals surface area (Å²) < 4.78 is 31.4. The van der Waals surface area contributed by atoms with Gasteiger partial charge in [0.1, 0.15) is 11.8 Å². The van der Waals surface area contributed by atoms with Crippen LogP contribution in [0.3, 0.4) is 0 Å². The second kappa shape index (κ2) is 8.90. The van der Waals surface area contributed by atoms with E-state index in [0.717, 1.165) is 11.8 Å². The molecule has 0 heterocycles. The molecule has 0 radical (unpaired) electrons. The van der Waals surface area contributed by atoms with Crippen LogP contribution in [0.5, 0.6) is 5.75 Å². The van der Waals surface area contributed by atoms with Crippen LogP contribution in [-0.4, -0.2) is 45.7 Å². The third-order valence-corrected chi connectivity index (χ3v) is 5.48. The van der Waals surface area contributed by atoms with E-state index in [1.165, 1.54) is 9.21 Å². The van der Waals surface area contributed by atoms with Crippen molar-refractivity contribution in [1.29, 1.82) is 0 Å². The summed E-state index contributed by atoms with van der Waals surface area (Å²) in [7, 11) is -0.383. The molecule has 2 rings (SSSR count). The number of ether oxygens (including phenoxy) is 1. The highest BCUT2D eigenvalue weighted by molar-refractivity contribution is 7.92. The zero-order valence-corrected chi connectivity index (χ0v) is 16.9. The van der Waals surface area contributed by atoms with Gasteiger partial charge in [-0.3, -0.25) is 9.10 Å². The quantitative estimate of drug-likeness (QED) is 0.695. The number of sulfonamides is 1. The summed E-state index contributed by atoms with van der Waals surface area (Å²) in [5, 5.41) is 0. The van der Waals surface area contributed by atoms with E-state index in [-0.39, 0.29) is 5.91 Å². The average molecular weight is 391 g/mol. The molecular formula is C20H26N2O4S. The van der Waals surface area contributed by atoms with Crippen molar-refractivity contribution < 1.29 is 17.9 Å². The summed E-state index contributed by atoms with van der Waals surface area (Å²) in [5.74, 6) is 0.422. The number of anilines is 1. The predicted octanol–water partition coefficient (Wildman–Crippen LogP) is 2.90. The molecule has 0 fully saturated rings. The maximum absolute atomic E-state index is 13.1. The molecule has 0 spiro atoms. The SMILES string of the molecule is CCC(C(=O)N(C)Cc1ccccc1OC)N(c1ccccc1)S(C)(=O)=O. The van der Waals surface area contributed by atoms with Crippen molar-refractivity contribution in [3.63, 3.8) is 0 Å². The Balaban J connectivity index is 2.32. The van der Waals surface area contributed by atoms with Crippen LogP contribution < -0.4 is 9.04 Å². The van der Waals surface area contributed by atoms with Gasteiger partial charge in [-0.25, -0.2) is 8.42 Å². The van der Waals surface area contributed by atoms with Gasteiger partial charge < -0.3 is 9.64 Å². The number of benzene rings is 2. The molecule has 0 saturated carbocycles. The van der Waals surface area contributed by atoms with E-state index in [4.69, 9.17) is 4.74 Å². The van der Waals surface area contributed by atoms with Crippen LogP contribution in [0.2, 0.25) is 0 Å². The van der Waals surface area contributed by atoms with Gasteiger partial charge in [-0.2, -0.15) is 0 Å². The summed E-state index contributed by atoms with van der Waals surface area (Å²) >= 11 is 0. The van der Waals surface area contributed by atoms with Gasteiger partial charge in [0, 0.05) is 19.2 Å². The third-order valence-electron chi connectivity index (χ3n) is 4.30. The van der Waals surface area contributed by atoms with Gasteiger partial charge in [-0.15, -0.1) is 0 Å². The highest BCUT2D eigenvalue weighted by Gasteiger charge is 2.33. The fourth-order valence-corrected chi connectivity index (χ4v) is 4.25. The van der Waals surface area contributed by atoms with Crippen LogP contribution in [0, 0.1) is 0 Å². The largest absolute Gasteiger partial charge is 0.496 e. The summed E-state index contributed by atoms with van der Waals surface area (Å²) in [6, 6.07) is 15.3. The number of amides is 1. The van der Waals surface area contributed by atoms with E-state index in [1.54, 1.807) is 51.4 Å². The smallest absolute Gasteiger partial charge is 0.246 e. The first-order valence-corrected chi connectivity index (χ1v) is 10.6. The molecule has 7 heteroatoms. The van der Waals surface area contributed by atoms with Gasteiger partial charge in [-0.05, 0) is 24.6 Å². The lowest BCUT2D eigenvalue weighted by Crippen LogP contribution is -2.49. The van der Waals surface area contributed by atoms with Crippen molar-refractivity contribution in [3.8, 4) is 5.75 Å². The number of rotatable bonds is 8. The molecule has 0 aliphatic heterocycles. The first-order chi connectivity index (χ1) is 12.8. The van der Waals surface area contributed by atoms with Crippen LogP contribution in [0.25, 0.3) is 0 Å². The minimum atomic E-state index is -3.63. The first kappa shape index (κ1) is 20.8. The van der Waals surface area contributed by atoms with Crippen molar-refractivity contribution >= 4 is 21.6 Å². The molecule has 27 heavy (non-hydrogen) atoms. The zero-order chi connectivity index (χ0) is 20.0. The number of likely N-dealkylation sites (N-methyl/N-ethyl adjacent to an activating group) is 1. The summed E-state index contributed by atoms with van der Waals surface area (Å²) in [5.41, 5.74) is 1.34. The summed E-state index contributed by atoms with van der Waals surface area (Å²) in [4.78, 5) is 14.7. The minimum Gasteiger partial charge on any atom is -0.496 e. The van der Waals surface area contributed by atoms with E-state index in [1.807, 2.05) is 24.3 Å². The monoisotopic (exact) mass is 390 g/mol. The molecule has 1 atom stereocenters. The Hall–Kier alpha value is -2.54. The lowest BCUT2D eigenvalue weighted by molar-refractivity contribution is -0.131. The number of carbonyl (C=O) groups is 1. The highest BCUT2D eigenvalue weighted by atomic mass is 32.2. The van der Waals surface area contributed by atoms with Crippen LogP contribution in [0.4, 0.5) is 5.69 Å². The Bertz CT molecular complexity index is 869. The van der Waals surface area contributed by atoms with Crippen molar-refractivity contribution in [3.05, 3.63) is 60.2 Å². The zero-order valence-electron chi connectivity index (χ0n) is 16.1. The van der Waals surface area contributed by atoms with Crippen LogP contribution >= 0.6 is 0 Å². The summed E-state index contributed by atoms with van der Waals surface area (Å²) in [6.45, 7) is 2.13. The van der Waals surface area contributed by atoms with Gasteiger partial charge in [0.2, 0.25) is 15.9 Å². The highest BCUT2D eigenvalue weighted by Crippen LogP contribution is 2.24. The third kappa shape index (κ3) is 5.01. The number of hydrogen-bond acceptors (Lipinski definition) is 4. The first-order valence-electron chi connectivity index (χ1n) is 8.71. The number of para-hydroxylation sites is 2. The van der Waals surface area contributed by atoms with E-state index in [2.05, 4.69) is 0 Å². The maximum Gasteiger partial charge on any atom is 0.246 e. The fraction of sp³-hybridized carbons (Fsp3) is 0.350. The molecule has 2 aromatic rings. The Morgan fingerprint density at radius 3 is 2.22 bits per heavy atom. The molecule has 1 amide bonds. The van der Waals surface area contributed by atoms with Crippen molar-refractivity contribution in [1.82, 2.24) is 4.90 Å². The topological polar surface area (TPSA) is 66.9 Å². The Kier molecular flexibility index (Phi) is 6.85. The van der Waals surface area contributed by atoms with Gasteiger partial charge in [0.15, 0.2) is 0 Å². The Morgan fingerprint density at radius 2 is 1.67 bits per heavy atom. The number of nitrogens with zero attached hydrogens (tertiary/aromatic N) is 2. The lowest BCUT2D eigenvalue weighted by atomic mass is 10.1. The number of hydrogen-bond donors (Lipinski definition) is 0. The van der Waals surface area contributed by atoms with E-state index in [9.17, 15) is 13.2 Å². The second-order valence-corrected chi connectivity index (χ2v) is 8.18. The normalized spacial score (nSPS) is 12.3. The number of carbonyl (C=O) groups excluding carboxylic acids is 1. The molecule has 0 N–H and O–H groups in total. The van der Waals surface area contributed by atoms with Gasteiger partial charge in [0.05, 0.1) is 19.1 Å². The summed E-state index contributed by atoms with van der Waals surface area (Å²) in [6.07, 6.45) is 1.48. The molecule has 1 unspecified atom stereocenters. The van der Waals surface area contributed by atoms with Gasteiger partial charge in [-0.1, -0.05) is 43.3 Å². The van der Waals surface area contributed by atoms with Gasteiger partial charge in [0.25, 0.3) is 0 Å². The minimum absolute atomic E-state index is 0.266. The average Bonchev–Trinajstić information content (AvgIpc) is 2.65.